The molecule has 5 heteroatoms. The van der Waals surface area contributed by atoms with Gasteiger partial charge in [-0.05, 0) is 37.8 Å². The summed E-state index contributed by atoms with van der Waals surface area (Å²) in [7, 11) is 0. The fraction of sp³-hybridized carbons (Fsp3) is 0.538. The highest BCUT2D eigenvalue weighted by molar-refractivity contribution is 5.74. The van der Waals surface area contributed by atoms with Crippen molar-refractivity contribution in [2.24, 2.45) is 0 Å². The van der Waals surface area contributed by atoms with E-state index in [1.54, 1.807) is 11.1 Å². The Morgan fingerprint density at radius 1 is 1.33 bits per heavy atom. The van der Waals surface area contributed by atoms with Crippen LogP contribution < -0.4 is 9.80 Å². The van der Waals surface area contributed by atoms with Crippen LogP contribution in [0.2, 0.25) is 0 Å². The molecule has 3 rings (SSSR count). The zero-order valence-electron chi connectivity index (χ0n) is 10.2. The van der Waals surface area contributed by atoms with E-state index in [-0.39, 0.29) is 6.10 Å². The van der Waals surface area contributed by atoms with E-state index in [9.17, 15) is 5.11 Å². The van der Waals surface area contributed by atoms with Gasteiger partial charge in [0.15, 0.2) is 12.0 Å². The Balaban J connectivity index is 1.85. The second-order valence-electron chi connectivity index (χ2n) is 4.95. The minimum atomic E-state index is -0.154. The van der Waals surface area contributed by atoms with Gasteiger partial charge in [0.2, 0.25) is 0 Å². The van der Waals surface area contributed by atoms with Crippen LogP contribution in [0.4, 0.5) is 11.5 Å². The number of hydrogen-bond acceptors (Lipinski definition) is 5. The maximum atomic E-state index is 9.57. The van der Waals surface area contributed by atoms with Crippen LogP contribution in [0.1, 0.15) is 25.7 Å². The average Bonchev–Trinajstić information content (AvgIpc) is 2.79. The number of nitrogens with zero attached hydrogens (tertiary/aromatic N) is 4. The SMILES string of the molecule is N#CN1CN(C2CCC(O)CC2)c2ncccc21. The number of anilines is 2. The van der Waals surface area contributed by atoms with Crippen molar-refractivity contribution >= 4 is 11.5 Å². The predicted molar refractivity (Wildman–Crippen MR) is 67.9 cm³/mol. The molecule has 0 radical (unpaired) electrons. The van der Waals surface area contributed by atoms with Crippen molar-refractivity contribution in [3.05, 3.63) is 18.3 Å². The number of fused-ring (bicyclic) bond motifs is 1. The molecule has 1 saturated carbocycles. The van der Waals surface area contributed by atoms with Crippen molar-refractivity contribution in [2.75, 3.05) is 16.5 Å². The molecule has 0 amide bonds. The molecular formula is C13H16N4O. The molecule has 2 heterocycles. The first-order valence-electron chi connectivity index (χ1n) is 6.36. The minimum Gasteiger partial charge on any atom is -0.393 e. The number of pyridine rings is 1. The molecular weight excluding hydrogens is 228 g/mol. The average molecular weight is 244 g/mol. The first-order valence-corrected chi connectivity index (χ1v) is 6.36. The summed E-state index contributed by atoms with van der Waals surface area (Å²) < 4.78 is 0. The van der Waals surface area contributed by atoms with E-state index in [1.807, 2.05) is 12.1 Å². The predicted octanol–water partition coefficient (Wildman–Crippen LogP) is 1.45. The number of nitriles is 1. The normalized spacial score (nSPS) is 26.9. The molecule has 0 unspecified atom stereocenters. The number of aromatic nitrogens is 1. The number of aliphatic hydroxyl groups is 1. The Hall–Kier alpha value is -1.80. The summed E-state index contributed by atoms with van der Waals surface area (Å²) >= 11 is 0. The number of rotatable bonds is 1. The zero-order chi connectivity index (χ0) is 12.5. The van der Waals surface area contributed by atoms with Gasteiger partial charge in [0.05, 0.1) is 11.8 Å². The van der Waals surface area contributed by atoms with Crippen LogP contribution in [-0.4, -0.2) is 28.9 Å². The Labute approximate surface area is 106 Å². The number of hydrogen-bond donors (Lipinski definition) is 1. The highest BCUT2D eigenvalue weighted by Crippen LogP contribution is 2.37. The van der Waals surface area contributed by atoms with Crippen molar-refractivity contribution in [1.29, 1.82) is 5.26 Å². The zero-order valence-corrected chi connectivity index (χ0v) is 10.2. The third kappa shape index (κ3) is 1.79. The highest BCUT2D eigenvalue weighted by atomic mass is 16.3. The summed E-state index contributed by atoms with van der Waals surface area (Å²) in [5, 5.41) is 18.7. The van der Waals surface area contributed by atoms with Crippen LogP contribution >= 0.6 is 0 Å². The van der Waals surface area contributed by atoms with Crippen molar-refractivity contribution in [1.82, 2.24) is 4.98 Å². The summed E-state index contributed by atoms with van der Waals surface area (Å²) in [6, 6.07) is 4.18. The molecule has 2 aliphatic rings. The van der Waals surface area contributed by atoms with Gasteiger partial charge in [0.1, 0.15) is 6.67 Å². The molecule has 94 valence electrons. The topological polar surface area (TPSA) is 63.4 Å². The summed E-state index contributed by atoms with van der Waals surface area (Å²) in [5.41, 5.74) is 0.895. The van der Waals surface area contributed by atoms with Crippen molar-refractivity contribution in [2.45, 2.75) is 37.8 Å². The standard InChI is InChI=1S/C13H16N4O/c14-8-16-9-17(10-3-5-11(18)6-4-10)13-12(16)2-1-7-15-13/h1-2,7,10-11,18H,3-6,9H2. The Bertz CT molecular complexity index is 476. The van der Waals surface area contributed by atoms with Crippen molar-refractivity contribution < 1.29 is 5.11 Å². The van der Waals surface area contributed by atoms with E-state index in [2.05, 4.69) is 16.1 Å². The van der Waals surface area contributed by atoms with Gasteiger partial charge in [-0.15, -0.1) is 0 Å². The van der Waals surface area contributed by atoms with Gasteiger partial charge in [0, 0.05) is 12.2 Å². The third-order valence-electron chi connectivity index (χ3n) is 3.85. The van der Waals surface area contributed by atoms with E-state index in [4.69, 9.17) is 5.26 Å². The summed E-state index contributed by atoms with van der Waals surface area (Å²) in [6.45, 7) is 0.587. The molecule has 1 aliphatic carbocycles. The second kappa shape index (κ2) is 4.46. The van der Waals surface area contributed by atoms with Crippen LogP contribution in [-0.2, 0) is 0 Å². The van der Waals surface area contributed by atoms with Gasteiger partial charge < -0.3 is 10.0 Å². The van der Waals surface area contributed by atoms with E-state index in [0.717, 1.165) is 37.2 Å². The highest BCUT2D eigenvalue weighted by Gasteiger charge is 2.33. The molecule has 1 N–H and O–H groups in total. The van der Waals surface area contributed by atoms with Gasteiger partial charge >= 0.3 is 0 Å². The van der Waals surface area contributed by atoms with E-state index in [1.165, 1.54) is 0 Å². The summed E-state index contributed by atoms with van der Waals surface area (Å²) in [5.74, 6) is 0.903. The Morgan fingerprint density at radius 2 is 2.11 bits per heavy atom. The molecule has 0 saturated heterocycles. The van der Waals surface area contributed by atoms with Crippen LogP contribution in [0, 0.1) is 11.5 Å². The third-order valence-corrected chi connectivity index (χ3v) is 3.85. The molecule has 1 aliphatic heterocycles. The Kier molecular flexibility index (Phi) is 2.80. The van der Waals surface area contributed by atoms with Crippen LogP contribution in [0.25, 0.3) is 0 Å². The maximum absolute atomic E-state index is 9.57. The Morgan fingerprint density at radius 3 is 2.83 bits per heavy atom. The summed E-state index contributed by atoms with van der Waals surface area (Å²) in [6.07, 6.45) is 7.44. The molecule has 0 spiro atoms. The second-order valence-corrected chi connectivity index (χ2v) is 4.95. The van der Waals surface area contributed by atoms with Crippen molar-refractivity contribution in [3.63, 3.8) is 0 Å². The van der Waals surface area contributed by atoms with Gasteiger partial charge in [-0.2, -0.15) is 5.26 Å². The lowest BCUT2D eigenvalue weighted by atomic mass is 9.92. The summed E-state index contributed by atoms with van der Waals surface area (Å²) in [4.78, 5) is 8.28. The van der Waals surface area contributed by atoms with Gasteiger partial charge in [0.25, 0.3) is 0 Å². The lowest BCUT2D eigenvalue weighted by Crippen LogP contribution is -2.40. The van der Waals surface area contributed by atoms with E-state index in [0.29, 0.717) is 12.7 Å². The molecule has 1 aromatic heterocycles. The quantitative estimate of drug-likeness (QED) is 0.757. The largest absolute Gasteiger partial charge is 0.393 e. The lowest BCUT2D eigenvalue weighted by molar-refractivity contribution is 0.122. The van der Waals surface area contributed by atoms with Gasteiger partial charge in [-0.3, -0.25) is 4.90 Å². The van der Waals surface area contributed by atoms with Gasteiger partial charge in [-0.25, -0.2) is 4.98 Å². The minimum absolute atomic E-state index is 0.154. The maximum Gasteiger partial charge on any atom is 0.186 e. The first kappa shape index (κ1) is 11.3. The molecule has 0 bridgehead atoms. The van der Waals surface area contributed by atoms with E-state index >= 15 is 0 Å². The van der Waals surface area contributed by atoms with Crippen LogP contribution in [0.3, 0.4) is 0 Å². The van der Waals surface area contributed by atoms with Crippen LogP contribution in [0.5, 0.6) is 0 Å². The smallest absolute Gasteiger partial charge is 0.186 e. The molecule has 0 aromatic carbocycles. The fourth-order valence-electron chi connectivity index (χ4n) is 2.86. The molecule has 1 fully saturated rings. The number of aliphatic hydroxyl groups excluding tert-OH is 1. The fourth-order valence-corrected chi connectivity index (χ4v) is 2.86. The van der Waals surface area contributed by atoms with Crippen molar-refractivity contribution in [3.8, 4) is 6.19 Å². The molecule has 18 heavy (non-hydrogen) atoms. The van der Waals surface area contributed by atoms with Gasteiger partial charge in [-0.1, -0.05) is 0 Å². The van der Waals surface area contributed by atoms with Crippen LogP contribution in [0.15, 0.2) is 18.3 Å². The first-order chi connectivity index (χ1) is 8.79. The lowest BCUT2D eigenvalue weighted by Gasteiger charge is -2.33. The monoisotopic (exact) mass is 244 g/mol. The molecule has 1 aromatic rings. The molecule has 0 atom stereocenters. The van der Waals surface area contributed by atoms with E-state index < -0.39 is 0 Å². The molecule has 5 nitrogen and oxygen atoms in total.